The van der Waals surface area contributed by atoms with E-state index in [4.69, 9.17) is 15.9 Å². The Kier molecular flexibility index (Phi) is 5.99. The second-order valence-electron chi connectivity index (χ2n) is 2.22. The Balaban J connectivity index is 3.46. The molecular weight excluding hydrogens is 194 g/mol. The van der Waals surface area contributed by atoms with Crippen molar-refractivity contribution in [3.05, 3.63) is 12.2 Å². The standard InChI is InChI=1S/C7H11NO4S/c8-5(7(11)12)4-13-3-1-2-6(9)10/h1-2,5H,3-4,8H2,(H,9,10)(H,11,12)/t5-/m0/s1. The summed E-state index contributed by atoms with van der Waals surface area (Å²) in [6, 6.07) is -0.886. The molecule has 0 aromatic heterocycles. The van der Waals surface area contributed by atoms with Gasteiger partial charge in [-0.3, -0.25) is 4.79 Å². The summed E-state index contributed by atoms with van der Waals surface area (Å²) in [6.07, 6.45) is 2.46. The van der Waals surface area contributed by atoms with Crippen LogP contribution in [0.3, 0.4) is 0 Å². The zero-order valence-electron chi connectivity index (χ0n) is 6.84. The Bertz CT molecular complexity index is 217. The Hall–Kier alpha value is -1.01. The van der Waals surface area contributed by atoms with E-state index < -0.39 is 18.0 Å². The van der Waals surface area contributed by atoms with Gasteiger partial charge in [-0.05, 0) is 0 Å². The Morgan fingerprint density at radius 2 is 2.08 bits per heavy atom. The van der Waals surface area contributed by atoms with Crippen LogP contribution in [0, 0.1) is 0 Å². The summed E-state index contributed by atoms with van der Waals surface area (Å²) in [6.45, 7) is 0. The highest BCUT2D eigenvalue weighted by Crippen LogP contribution is 2.01. The van der Waals surface area contributed by atoms with Gasteiger partial charge in [0.2, 0.25) is 0 Å². The van der Waals surface area contributed by atoms with Crippen LogP contribution in [0.25, 0.3) is 0 Å². The predicted molar refractivity (Wildman–Crippen MR) is 49.7 cm³/mol. The van der Waals surface area contributed by atoms with E-state index in [1.807, 2.05) is 0 Å². The molecule has 0 aliphatic rings. The maximum atomic E-state index is 10.2. The maximum absolute atomic E-state index is 10.2. The van der Waals surface area contributed by atoms with Crippen LogP contribution in [0.15, 0.2) is 12.2 Å². The van der Waals surface area contributed by atoms with Gasteiger partial charge < -0.3 is 15.9 Å². The molecule has 0 aliphatic carbocycles. The van der Waals surface area contributed by atoms with E-state index in [1.54, 1.807) is 0 Å². The molecule has 0 aromatic carbocycles. The number of hydrogen-bond donors (Lipinski definition) is 3. The van der Waals surface area contributed by atoms with Gasteiger partial charge in [0.15, 0.2) is 0 Å². The molecular formula is C7H11NO4S. The van der Waals surface area contributed by atoms with E-state index in [1.165, 1.54) is 17.8 Å². The molecule has 5 nitrogen and oxygen atoms in total. The van der Waals surface area contributed by atoms with Crippen LogP contribution in [0.1, 0.15) is 0 Å². The van der Waals surface area contributed by atoms with Crippen LogP contribution < -0.4 is 5.73 Å². The van der Waals surface area contributed by atoms with Crippen molar-refractivity contribution in [2.24, 2.45) is 5.73 Å². The van der Waals surface area contributed by atoms with E-state index in [0.29, 0.717) is 5.75 Å². The molecule has 0 saturated carbocycles. The molecule has 0 rings (SSSR count). The topological polar surface area (TPSA) is 101 Å². The highest BCUT2D eigenvalue weighted by atomic mass is 32.2. The molecule has 4 N–H and O–H groups in total. The van der Waals surface area contributed by atoms with Crippen LogP contribution >= 0.6 is 11.8 Å². The quantitative estimate of drug-likeness (QED) is 0.409. The molecule has 0 aromatic rings. The van der Waals surface area contributed by atoms with Crippen LogP contribution in [0.4, 0.5) is 0 Å². The molecule has 13 heavy (non-hydrogen) atoms. The van der Waals surface area contributed by atoms with Crippen molar-refractivity contribution in [2.75, 3.05) is 11.5 Å². The Morgan fingerprint density at radius 3 is 2.54 bits per heavy atom. The third kappa shape index (κ3) is 7.35. The largest absolute Gasteiger partial charge is 0.480 e. The summed E-state index contributed by atoms with van der Waals surface area (Å²) in [7, 11) is 0. The van der Waals surface area contributed by atoms with Crippen molar-refractivity contribution in [1.82, 2.24) is 0 Å². The Morgan fingerprint density at radius 1 is 1.46 bits per heavy atom. The number of carboxylic acids is 2. The number of thioether (sulfide) groups is 1. The fourth-order valence-corrected chi connectivity index (χ4v) is 1.25. The number of hydrogen-bond acceptors (Lipinski definition) is 4. The lowest BCUT2D eigenvalue weighted by Crippen LogP contribution is -2.32. The highest BCUT2D eigenvalue weighted by Gasteiger charge is 2.09. The number of rotatable bonds is 6. The van der Waals surface area contributed by atoms with E-state index >= 15 is 0 Å². The van der Waals surface area contributed by atoms with Crippen LogP contribution in [-0.4, -0.2) is 39.7 Å². The van der Waals surface area contributed by atoms with Gasteiger partial charge in [-0.15, -0.1) is 0 Å². The van der Waals surface area contributed by atoms with Gasteiger partial charge in [0, 0.05) is 17.6 Å². The Labute approximate surface area is 79.6 Å². The zero-order valence-corrected chi connectivity index (χ0v) is 7.66. The van der Waals surface area contributed by atoms with Crippen LogP contribution in [0.5, 0.6) is 0 Å². The highest BCUT2D eigenvalue weighted by molar-refractivity contribution is 7.99. The summed E-state index contributed by atoms with van der Waals surface area (Å²) < 4.78 is 0. The monoisotopic (exact) mass is 205 g/mol. The second-order valence-corrected chi connectivity index (χ2v) is 3.30. The number of nitrogens with two attached hydrogens (primary N) is 1. The van der Waals surface area contributed by atoms with E-state index in [-0.39, 0.29) is 5.75 Å². The lowest BCUT2D eigenvalue weighted by Gasteiger charge is -2.02. The molecule has 0 bridgehead atoms. The van der Waals surface area contributed by atoms with E-state index in [0.717, 1.165) is 6.08 Å². The van der Waals surface area contributed by atoms with Crippen LogP contribution in [0.2, 0.25) is 0 Å². The average Bonchev–Trinajstić information content (AvgIpc) is 2.02. The van der Waals surface area contributed by atoms with Crippen molar-refractivity contribution in [3.8, 4) is 0 Å². The van der Waals surface area contributed by atoms with Crippen LogP contribution in [-0.2, 0) is 9.59 Å². The summed E-state index contributed by atoms with van der Waals surface area (Å²) in [5.41, 5.74) is 5.20. The summed E-state index contributed by atoms with van der Waals surface area (Å²) in [5.74, 6) is -1.33. The smallest absolute Gasteiger partial charge is 0.328 e. The molecule has 0 spiro atoms. The van der Waals surface area contributed by atoms with E-state index in [9.17, 15) is 9.59 Å². The molecule has 0 unspecified atom stereocenters. The van der Waals surface area contributed by atoms with Gasteiger partial charge in [0.25, 0.3) is 0 Å². The molecule has 6 heteroatoms. The van der Waals surface area contributed by atoms with Gasteiger partial charge >= 0.3 is 11.9 Å². The molecule has 74 valence electrons. The first-order chi connectivity index (χ1) is 6.04. The normalized spacial score (nSPS) is 13.0. The number of carboxylic acid groups (broad SMARTS) is 2. The molecule has 0 saturated heterocycles. The lowest BCUT2D eigenvalue weighted by atomic mass is 10.4. The lowest BCUT2D eigenvalue weighted by molar-refractivity contribution is -0.138. The minimum atomic E-state index is -1.05. The van der Waals surface area contributed by atoms with Crippen molar-refractivity contribution in [1.29, 1.82) is 0 Å². The molecule has 0 radical (unpaired) electrons. The fourth-order valence-electron chi connectivity index (χ4n) is 0.483. The first-order valence-electron chi connectivity index (χ1n) is 3.49. The molecule has 1 atom stereocenters. The van der Waals surface area contributed by atoms with Gasteiger partial charge in [-0.1, -0.05) is 6.08 Å². The molecule has 0 amide bonds. The predicted octanol–water partition coefficient (Wildman–Crippen LogP) is -0.228. The second kappa shape index (κ2) is 6.50. The van der Waals surface area contributed by atoms with Gasteiger partial charge in [0.1, 0.15) is 6.04 Å². The van der Waals surface area contributed by atoms with Gasteiger partial charge in [-0.2, -0.15) is 11.8 Å². The van der Waals surface area contributed by atoms with Crippen molar-refractivity contribution in [3.63, 3.8) is 0 Å². The average molecular weight is 205 g/mol. The fraction of sp³-hybridized carbons (Fsp3) is 0.429. The summed E-state index contributed by atoms with van der Waals surface area (Å²) in [4.78, 5) is 20.2. The van der Waals surface area contributed by atoms with E-state index in [2.05, 4.69) is 0 Å². The maximum Gasteiger partial charge on any atom is 0.328 e. The minimum absolute atomic E-state index is 0.277. The summed E-state index contributed by atoms with van der Waals surface area (Å²) >= 11 is 1.28. The first-order valence-corrected chi connectivity index (χ1v) is 4.65. The first kappa shape index (κ1) is 12.0. The van der Waals surface area contributed by atoms with Crippen molar-refractivity contribution in [2.45, 2.75) is 6.04 Å². The summed E-state index contributed by atoms with van der Waals surface area (Å²) in [5, 5.41) is 16.6. The SMILES string of the molecule is N[C@@H](CSCC=CC(=O)O)C(=O)O. The van der Waals surface area contributed by atoms with Gasteiger partial charge in [0.05, 0.1) is 0 Å². The molecule has 0 fully saturated rings. The third-order valence-electron chi connectivity index (χ3n) is 1.09. The van der Waals surface area contributed by atoms with Gasteiger partial charge in [-0.25, -0.2) is 4.79 Å². The number of carbonyl (C=O) groups is 2. The third-order valence-corrected chi connectivity index (χ3v) is 2.11. The van der Waals surface area contributed by atoms with Crippen molar-refractivity contribution < 1.29 is 19.8 Å². The van der Waals surface area contributed by atoms with Crippen molar-refractivity contribution >= 4 is 23.7 Å². The number of aliphatic carboxylic acids is 2. The molecule has 0 aliphatic heterocycles. The zero-order chi connectivity index (χ0) is 10.3. The molecule has 0 heterocycles. The minimum Gasteiger partial charge on any atom is -0.480 e.